The molecule has 102 valence electrons. The summed E-state index contributed by atoms with van der Waals surface area (Å²) >= 11 is 3.19. The number of nitrogens with zero attached hydrogens (tertiary/aromatic N) is 1. The first kappa shape index (κ1) is 14.2. The molecule has 0 aliphatic rings. The molecule has 2 N–H and O–H groups in total. The van der Waals surface area contributed by atoms with Crippen LogP contribution in [0.2, 0.25) is 0 Å². The van der Waals surface area contributed by atoms with Crippen LogP contribution in [-0.4, -0.2) is 16.0 Å². The highest BCUT2D eigenvalue weighted by Gasteiger charge is 2.07. The normalized spacial score (nSPS) is 12.6. The molecule has 0 saturated heterocycles. The van der Waals surface area contributed by atoms with Crippen LogP contribution in [0.4, 0.5) is 4.39 Å². The van der Waals surface area contributed by atoms with E-state index in [1.165, 1.54) is 6.07 Å². The lowest BCUT2D eigenvalue weighted by Gasteiger charge is -2.08. The van der Waals surface area contributed by atoms with Gasteiger partial charge in [-0.2, -0.15) is 0 Å². The Morgan fingerprint density at radius 2 is 2.26 bits per heavy atom. The van der Waals surface area contributed by atoms with Crippen molar-refractivity contribution in [2.24, 2.45) is 0 Å². The number of aromatic nitrogens is 2. The Morgan fingerprint density at radius 3 is 2.95 bits per heavy atom. The van der Waals surface area contributed by atoms with E-state index in [-0.39, 0.29) is 5.82 Å². The summed E-state index contributed by atoms with van der Waals surface area (Å²) in [5, 5.41) is 3.37. The van der Waals surface area contributed by atoms with Gasteiger partial charge in [0.15, 0.2) is 0 Å². The average molecular weight is 326 g/mol. The number of hydrogen-bond donors (Lipinski definition) is 2. The van der Waals surface area contributed by atoms with Crippen LogP contribution in [-0.2, 0) is 6.54 Å². The van der Waals surface area contributed by atoms with Gasteiger partial charge in [0, 0.05) is 11.6 Å². The predicted molar refractivity (Wildman–Crippen MR) is 78.3 cm³/mol. The molecule has 0 amide bonds. The van der Waals surface area contributed by atoms with Crippen LogP contribution >= 0.6 is 15.9 Å². The summed E-state index contributed by atoms with van der Waals surface area (Å²) in [4.78, 5) is 7.56. The Kier molecular flexibility index (Phi) is 4.71. The molecule has 1 atom stereocenters. The molecule has 2 rings (SSSR count). The summed E-state index contributed by atoms with van der Waals surface area (Å²) in [6, 6.07) is 5.39. The molecule has 0 saturated carbocycles. The molecule has 5 heteroatoms. The lowest BCUT2D eigenvalue weighted by Crippen LogP contribution is -2.24. The van der Waals surface area contributed by atoms with Gasteiger partial charge in [0.05, 0.1) is 22.9 Å². The number of aromatic amines is 1. The van der Waals surface area contributed by atoms with Crippen molar-refractivity contribution in [3.63, 3.8) is 0 Å². The Hall–Kier alpha value is -1.20. The van der Waals surface area contributed by atoms with E-state index >= 15 is 0 Å². The quantitative estimate of drug-likeness (QED) is 0.876. The minimum atomic E-state index is -0.262. The fourth-order valence-corrected chi connectivity index (χ4v) is 2.06. The minimum Gasteiger partial charge on any atom is -0.341 e. The third-order valence-electron chi connectivity index (χ3n) is 3.09. The molecule has 1 aromatic carbocycles. The lowest BCUT2D eigenvalue weighted by molar-refractivity contribution is 0.525. The Labute approximate surface area is 120 Å². The molecule has 2 aromatic rings. The van der Waals surface area contributed by atoms with E-state index in [0.717, 1.165) is 23.5 Å². The van der Waals surface area contributed by atoms with Crippen LogP contribution in [0.25, 0.3) is 11.3 Å². The van der Waals surface area contributed by atoms with Crippen LogP contribution in [0, 0.1) is 5.82 Å². The van der Waals surface area contributed by atoms with E-state index in [2.05, 4.69) is 45.1 Å². The SMILES string of the molecule is CCC(C)NCc1ncc(-c2ccc(F)c(Br)c2)[nH]1. The third-order valence-corrected chi connectivity index (χ3v) is 3.70. The highest BCUT2D eigenvalue weighted by atomic mass is 79.9. The van der Waals surface area contributed by atoms with E-state index < -0.39 is 0 Å². The largest absolute Gasteiger partial charge is 0.341 e. The molecular weight excluding hydrogens is 309 g/mol. The number of nitrogens with one attached hydrogen (secondary N) is 2. The Balaban J connectivity index is 2.09. The molecule has 3 nitrogen and oxygen atoms in total. The topological polar surface area (TPSA) is 40.7 Å². The Morgan fingerprint density at radius 1 is 1.47 bits per heavy atom. The standard InChI is InChI=1S/C14H17BrFN3/c1-3-9(2)17-8-14-18-7-13(19-14)10-4-5-12(16)11(15)6-10/h4-7,9,17H,3,8H2,1-2H3,(H,18,19). The first-order valence-electron chi connectivity index (χ1n) is 6.32. The molecule has 1 heterocycles. The first-order chi connectivity index (χ1) is 9.10. The number of rotatable bonds is 5. The number of benzene rings is 1. The van der Waals surface area contributed by atoms with Gasteiger partial charge in [-0.15, -0.1) is 0 Å². The van der Waals surface area contributed by atoms with Crippen molar-refractivity contribution in [2.75, 3.05) is 0 Å². The van der Waals surface area contributed by atoms with E-state index in [1.54, 1.807) is 18.3 Å². The van der Waals surface area contributed by atoms with Gasteiger partial charge >= 0.3 is 0 Å². The fourth-order valence-electron chi connectivity index (χ4n) is 1.68. The maximum absolute atomic E-state index is 13.2. The predicted octanol–water partition coefficient (Wildman–Crippen LogP) is 3.87. The van der Waals surface area contributed by atoms with Crippen LogP contribution in [0.1, 0.15) is 26.1 Å². The maximum Gasteiger partial charge on any atom is 0.137 e. The summed E-state index contributed by atoms with van der Waals surface area (Å²) in [7, 11) is 0. The van der Waals surface area contributed by atoms with Crippen LogP contribution in [0.15, 0.2) is 28.9 Å². The molecule has 0 aliphatic carbocycles. The number of H-pyrrole nitrogens is 1. The zero-order valence-electron chi connectivity index (χ0n) is 11.0. The van der Waals surface area contributed by atoms with Gasteiger partial charge < -0.3 is 10.3 Å². The fraction of sp³-hybridized carbons (Fsp3) is 0.357. The second-order valence-electron chi connectivity index (χ2n) is 4.56. The third kappa shape index (κ3) is 3.64. The van der Waals surface area contributed by atoms with E-state index in [4.69, 9.17) is 0 Å². The van der Waals surface area contributed by atoms with E-state index in [0.29, 0.717) is 17.1 Å². The molecule has 0 radical (unpaired) electrons. The summed E-state index contributed by atoms with van der Waals surface area (Å²) in [6.45, 7) is 4.99. The highest BCUT2D eigenvalue weighted by Crippen LogP contribution is 2.23. The number of halogens is 2. The molecular formula is C14H17BrFN3. The van der Waals surface area contributed by atoms with Gasteiger partial charge in [-0.25, -0.2) is 9.37 Å². The zero-order valence-corrected chi connectivity index (χ0v) is 12.6. The second-order valence-corrected chi connectivity index (χ2v) is 5.42. The van der Waals surface area contributed by atoms with Crippen LogP contribution < -0.4 is 5.32 Å². The van der Waals surface area contributed by atoms with Crippen molar-refractivity contribution in [1.82, 2.24) is 15.3 Å². The molecule has 19 heavy (non-hydrogen) atoms. The summed E-state index contributed by atoms with van der Waals surface area (Å²) in [6.07, 6.45) is 2.85. The molecule has 0 aliphatic heterocycles. The van der Waals surface area contributed by atoms with Gasteiger partial charge in [0.1, 0.15) is 11.6 Å². The molecule has 0 fully saturated rings. The summed E-state index contributed by atoms with van der Waals surface area (Å²) in [5.74, 6) is 0.623. The Bertz CT molecular complexity index is 553. The second kappa shape index (κ2) is 6.30. The van der Waals surface area contributed by atoms with Gasteiger partial charge in [0.2, 0.25) is 0 Å². The van der Waals surface area contributed by atoms with Crippen LogP contribution in [0.5, 0.6) is 0 Å². The molecule has 0 spiro atoms. The first-order valence-corrected chi connectivity index (χ1v) is 7.12. The van der Waals surface area contributed by atoms with Gasteiger partial charge in [-0.1, -0.05) is 6.92 Å². The van der Waals surface area contributed by atoms with Gasteiger partial charge in [-0.05, 0) is 47.5 Å². The van der Waals surface area contributed by atoms with Gasteiger partial charge in [0.25, 0.3) is 0 Å². The molecule has 1 unspecified atom stereocenters. The smallest absolute Gasteiger partial charge is 0.137 e. The maximum atomic E-state index is 13.2. The zero-order chi connectivity index (χ0) is 13.8. The van der Waals surface area contributed by atoms with Crippen molar-refractivity contribution in [1.29, 1.82) is 0 Å². The van der Waals surface area contributed by atoms with Crippen molar-refractivity contribution >= 4 is 15.9 Å². The molecule has 1 aromatic heterocycles. The van der Waals surface area contributed by atoms with Crippen LogP contribution in [0.3, 0.4) is 0 Å². The van der Waals surface area contributed by atoms with Gasteiger partial charge in [-0.3, -0.25) is 0 Å². The number of imidazole rings is 1. The van der Waals surface area contributed by atoms with Crippen molar-refractivity contribution in [3.05, 3.63) is 40.5 Å². The minimum absolute atomic E-state index is 0.262. The summed E-state index contributed by atoms with van der Waals surface area (Å²) in [5.41, 5.74) is 1.80. The van der Waals surface area contributed by atoms with Crippen molar-refractivity contribution < 1.29 is 4.39 Å². The average Bonchev–Trinajstić information content (AvgIpc) is 2.88. The van der Waals surface area contributed by atoms with E-state index in [9.17, 15) is 4.39 Å². The summed E-state index contributed by atoms with van der Waals surface area (Å²) < 4.78 is 13.6. The lowest BCUT2D eigenvalue weighted by atomic mass is 10.2. The molecule has 0 bridgehead atoms. The van der Waals surface area contributed by atoms with E-state index in [1.807, 2.05) is 0 Å². The monoisotopic (exact) mass is 325 g/mol. The number of hydrogen-bond acceptors (Lipinski definition) is 2. The van der Waals surface area contributed by atoms with Crippen molar-refractivity contribution in [3.8, 4) is 11.3 Å². The van der Waals surface area contributed by atoms with Crippen molar-refractivity contribution in [2.45, 2.75) is 32.9 Å². The highest BCUT2D eigenvalue weighted by molar-refractivity contribution is 9.10.